The summed E-state index contributed by atoms with van der Waals surface area (Å²) in [6.45, 7) is 16.4. The Morgan fingerprint density at radius 1 is 0.917 bits per heavy atom. The topological polar surface area (TPSA) is 52.6 Å². The van der Waals surface area contributed by atoms with E-state index < -0.39 is 11.0 Å². The van der Waals surface area contributed by atoms with E-state index in [0.717, 1.165) is 0 Å². The van der Waals surface area contributed by atoms with Gasteiger partial charge in [-0.05, 0) is 53.7 Å². The van der Waals surface area contributed by atoms with Gasteiger partial charge in [-0.2, -0.15) is 0 Å². The summed E-state index contributed by atoms with van der Waals surface area (Å²) in [5, 5.41) is 0. The van der Waals surface area contributed by atoms with E-state index in [1.54, 1.807) is 12.1 Å². The lowest BCUT2D eigenvalue weighted by Gasteiger charge is -2.27. The van der Waals surface area contributed by atoms with E-state index in [1.165, 1.54) is 6.92 Å². The van der Waals surface area contributed by atoms with Crippen LogP contribution in [0.2, 0.25) is 0 Å². The van der Waals surface area contributed by atoms with E-state index >= 15 is 0 Å². The molecule has 0 N–H and O–H groups in total. The second kappa shape index (κ2) is 6.96. The molecule has 0 aliphatic rings. The Kier molecular flexibility index (Phi) is 5.86. The standard InChI is InChI=1S/C20H30O4/c1-12(2)23-14-10-11-15(24-20(7,8)9)17(16(14)13(3)21)18(22)19(4,5)6/h10-12H,1-9H3. The molecule has 0 fully saturated rings. The van der Waals surface area contributed by atoms with Gasteiger partial charge in [0, 0.05) is 5.41 Å². The molecule has 0 aliphatic heterocycles. The van der Waals surface area contributed by atoms with Gasteiger partial charge in [0.25, 0.3) is 0 Å². The largest absolute Gasteiger partial charge is 0.490 e. The van der Waals surface area contributed by atoms with Crippen LogP contribution < -0.4 is 9.47 Å². The van der Waals surface area contributed by atoms with Crippen molar-refractivity contribution in [2.24, 2.45) is 5.41 Å². The van der Waals surface area contributed by atoms with Crippen molar-refractivity contribution in [3.05, 3.63) is 23.3 Å². The molecule has 0 saturated heterocycles. The molecule has 134 valence electrons. The van der Waals surface area contributed by atoms with Gasteiger partial charge in [0.1, 0.15) is 17.1 Å². The van der Waals surface area contributed by atoms with Crippen LogP contribution in [0.5, 0.6) is 11.5 Å². The highest BCUT2D eigenvalue weighted by Gasteiger charge is 2.33. The number of benzene rings is 1. The molecule has 1 rings (SSSR count). The van der Waals surface area contributed by atoms with E-state index in [0.29, 0.717) is 22.6 Å². The summed E-state index contributed by atoms with van der Waals surface area (Å²) in [6.07, 6.45) is -0.102. The van der Waals surface area contributed by atoms with Crippen LogP contribution in [0.15, 0.2) is 12.1 Å². The van der Waals surface area contributed by atoms with Crippen molar-refractivity contribution in [3.63, 3.8) is 0 Å². The lowest BCUT2D eigenvalue weighted by atomic mass is 9.83. The van der Waals surface area contributed by atoms with Crippen LogP contribution in [0.4, 0.5) is 0 Å². The Morgan fingerprint density at radius 2 is 1.42 bits per heavy atom. The van der Waals surface area contributed by atoms with Crippen molar-refractivity contribution >= 4 is 11.6 Å². The number of ketones is 2. The van der Waals surface area contributed by atoms with Gasteiger partial charge in [-0.15, -0.1) is 0 Å². The molecule has 0 heterocycles. The second-order valence-corrected chi connectivity index (χ2v) is 8.33. The number of carbonyl (C=O) groups excluding carboxylic acids is 2. The molecular weight excluding hydrogens is 304 g/mol. The van der Waals surface area contributed by atoms with Crippen molar-refractivity contribution in [1.82, 2.24) is 0 Å². The summed E-state index contributed by atoms with van der Waals surface area (Å²) in [7, 11) is 0. The third-order valence-electron chi connectivity index (χ3n) is 3.17. The van der Waals surface area contributed by atoms with E-state index in [2.05, 4.69) is 0 Å². The van der Waals surface area contributed by atoms with E-state index in [9.17, 15) is 9.59 Å². The highest BCUT2D eigenvalue weighted by molar-refractivity contribution is 6.13. The summed E-state index contributed by atoms with van der Waals surface area (Å²) < 4.78 is 11.7. The predicted molar refractivity (Wildman–Crippen MR) is 96.4 cm³/mol. The average molecular weight is 334 g/mol. The lowest BCUT2D eigenvalue weighted by molar-refractivity contribution is 0.0828. The van der Waals surface area contributed by atoms with Gasteiger partial charge in [-0.3, -0.25) is 9.59 Å². The first-order valence-corrected chi connectivity index (χ1v) is 8.32. The van der Waals surface area contributed by atoms with E-state index in [4.69, 9.17) is 9.47 Å². The predicted octanol–water partition coefficient (Wildman–Crippen LogP) is 5.08. The highest BCUT2D eigenvalue weighted by Crippen LogP contribution is 2.37. The van der Waals surface area contributed by atoms with E-state index in [1.807, 2.05) is 55.4 Å². The number of Topliss-reactive ketones (excluding diaryl/α,β-unsaturated/α-hetero) is 2. The van der Waals surface area contributed by atoms with Crippen molar-refractivity contribution in [2.75, 3.05) is 0 Å². The zero-order chi connectivity index (χ0) is 18.9. The quantitative estimate of drug-likeness (QED) is 0.704. The van der Waals surface area contributed by atoms with Crippen LogP contribution in [-0.2, 0) is 0 Å². The van der Waals surface area contributed by atoms with Crippen LogP contribution in [0.3, 0.4) is 0 Å². The van der Waals surface area contributed by atoms with Gasteiger partial charge in [-0.25, -0.2) is 0 Å². The minimum Gasteiger partial charge on any atom is -0.490 e. The maximum absolute atomic E-state index is 13.0. The number of rotatable bonds is 5. The minimum absolute atomic E-state index is 0.102. The SMILES string of the molecule is CC(=O)c1c(OC(C)C)ccc(OC(C)(C)C)c1C(=O)C(C)(C)C. The smallest absolute Gasteiger partial charge is 0.172 e. The number of hydrogen-bond acceptors (Lipinski definition) is 4. The Morgan fingerprint density at radius 3 is 1.79 bits per heavy atom. The molecule has 0 atom stereocenters. The van der Waals surface area contributed by atoms with Crippen molar-refractivity contribution in [2.45, 2.75) is 74.0 Å². The summed E-state index contributed by atoms with van der Waals surface area (Å²) in [5.41, 5.74) is -0.522. The normalized spacial score (nSPS) is 12.2. The second-order valence-electron chi connectivity index (χ2n) is 8.33. The molecular formula is C20H30O4. The Bertz CT molecular complexity index is 628. The molecule has 1 aromatic carbocycles. The van der Waals surface area contributed by atoms with Gasteiger partial charge >= 0.3 is 0 Å². The van der Waals surface area contributed by atoms with Crippen molar-refractivity contribution < 1.29 is 19.1 Å². The van der Waals surface area contributed by atoms with Crippen molar-refractivity contribution in [1.29, 1.82) is 0 Å². The first-order chi connectivity index (χ1) is 10.7. The molecule has 1 aromatic rings. The third-order valence-corrected chi connectivity index (χ3v) is 3.17. The Hall–Kier alpha value is -1.84. The summed E-state index contributed by atoms with van der Waals surface area (Å²) in [6, 6.07) is 3.42. The maximum Gasteiger partial charge on any atom is 0.172 e. The number of hydrogen-bond donors (Lipinski definition) is 0. The number of ether oxygens (including phenoxy) is 2. The Labute approximate surface area is 145 Å². The van der Waals surface area contributed by atoms with Crippen molar-refractivity contribution in [3.8, 4) is 11.5 Å². The molecule has 24 heavy (non-hydrogen) atoms. The zero-order valence-corrected chi connectivity index (χ0v) is 16.4. The molecule has 0 bridgehead atoms. The fourth-order valence-corrected chi connectivity index (χ4v) is 2.28. The third kappa shape index (κ3) is 5.08. The van der Waals surface area contributed by atoms with Gasteiger partial charge in [-0.1, -0.05) is 20.8 Å². The van der Waals surface area contributed by atoms with Crippen LogP contribution in [-0.4, -0.2) is 23.3 Å². The van der Waals surface area contributed by atoms with Gasteiger partial charge < -0.3 is 9.47 Å². The molecule has 0 aliphatic carbocycles. The van der Waals surface area contributed by atoms with E-state index in [-0.39, 0.29) is 17.7 Å². The highest BCUT2D eigenvalue weighted by atomic mass is 16.5. The molecule has 0 radical (unpaired) electrons. The van der Waals surface area contributed by atoms with Crippen LogP contribution in [0.25, 0.3) is 0 Å². The molecule has 0 unspecified atom stereocenters. The fraction of sp³-hybridized carbons (Fsp3) is 0.600. The fourth-order valence-electron chi connectivity index (χ4n) is 2.28. The maximum atomic E-state index is 13.0. The molecule has 4 heteroatoms. The number of carbonyl (C=O) groups is 2. The summed E-state index contributed by atoms with van der Waals surface area (Å²) >= 11 is 0. The molecule has 4 nitrogen and oxygen atoms in total. The Balaban J connectivity index is 3.71. The van der Waals surface area contributed by atoms with Crippen LogP contribution in [0, 0.1) is 5.41 Å². The van der Waals surface area contributed by atoms with Crippen LogP contribution in [0.1, 0.15) is 83.0 Å². The molecule has 0 aromatic heterocycles. The molecule has 0 spiro atoms. The van der Waals surface area contributed by atoms with Crippen LogP contribution >= 0.6 is 0 Å². The van der Waals surface area contributed by atoms with Gasteiger partial charge in [0.15, 0.2) is 11.6 Å². The minimum atomic E-state index is -0.642. The first-order valence-electron chi connectivity index (χ1n) is 8.32. The zero-order valence-electron chi connectivity index (χ0n) is 16.4. The van der Waals surface area contributed by atoms with Gasteiger partial charge in [0.05, 0.1) is 17.2 Å². The molecule has 0 saturated carbocycles. The summed E-state index contributed by atoms with van der Waals surface area (Å²) in [4.78, 5) is 25.4. The summed E-state index contributed by atoms with van der Waals surface area (Å²) in [5.74, 6) is 0.494. The van der Waals surface area contributed by atoms with Gasteiger partial charge in [0.2, 0.25) is 0 Å². The average Bonchev–Trinajstić information content (AvgIpc) is 2.35. The first kappa shape index (κ1) is 20.2. The molecule has 0 amide bonds. The monoisotopic (exact) mass is 334 g/mol. The lowest BCUT2D eigenvalue weighted by Crippen LogP contribution is -2.28.